The van der Waals surface area contributed by atoms with Gasteiger partial charge in [-0.05, 0) is 72.5 Å². The van der Waals surface area contributed by atoms with Crippen molar-refractivity contribution in [2.24, 2.45) is 28.7 Å². The molecule has 0 saturated carbocycles. The van der Waals surface area contributed by atoms with Crippen molar-refractivity contribution in [2.45, 2.75) is 143 Å². The van der Waals surface area contributed by atoms with Gasteiger partial charge >= 0.3 is 11.9 Å². The Labute approximate surface area is 297 Å². The first-order valence-electron chi connectivity index (χ1n) is 17.8. The highest BCUT2D eigenvalue weighted by atomic mass is 16.7. The molecule has 3 aliphatic heterocycles. The van der Waals surface area contributed by atoms with Crippen LogP contribution >= 0.6 is 0 Å². The second kappa shape index (κ2) is 16.9. The molecule has 3 saturated heterocycles. The van der Waals surface area contributed by atoms with Crippen molar-refractivity contribution in [3.63, 3.8) is 0 Å². The molecule has 284 valence electrons. The second-order valence-electron chi connectivity index (χ2n) is 15.2. The number of rotatable bonds is 5. The summed E-state index contributed by atoms with van der Waals surface area (Å²) < 4.78 is 38.0. The standard InChI is InChI=1S/C37H60N2O11/c1-14-28-37(11,44)33-22(5)29(38-25(8)40)20(3)16-36(10,46-18-19(2)17-45-33)32(23(6)30(42)24(7)34(43)49-28)50-35-31(48-26(9)41)27(39(12)13)15-21(4)47-35/h20-24,27-28,31-33,35,44H,2,14-18H2,1,3-13H3/t20-,21-,22+,23+,24?,27+,28-,31-,32-,33-,35+,36-,37-/m1/s1. The minimum atomic E-state index is -1.76. The van der Waals surface area contributed by atoms with Crippen LogP contribution in [0.5, 0.6) is 0 Å². The molecule has 13 heteroatoms. The van der Waals surface area contributed by atoms with E-state index in [0.29, 0.717) is 17.7 Å². The Balaban J connectivity index is 2.32. The van der Waals surface area contributed by atoms with Gasteiger partial charge < -0.3 is 38.4 Å². The molecule has 3 aliphatic rings. The summed E-state index contributed by atoms with van der Waals surface area (Å²) in [5.74, 6) is -5.55. The third kappa shape index (κ3) is 9.46. The lowest BCUT2D eigenvalue weighted by Crippen LogP contribution is -2.60. The van der Waals surface area contributed by atoms with Crippen molar-refractivity contribution in [3.8, 4) is 0 Å². The molecular weight excluding hydrogens is 648 g/mol. The minimum Gasteiger partial charge on any atom is -0.459 e. The average molecular weight is 709 g/mol. The molecule has 1 amide bonds. The number of esters is 2. The zero-order valence-corrected chi connectivity index (χ0v) is 32.0. The van der Waals surface area contributed by atoms with Gasteiger partial charge in [0.05, 0.1) is 43.2 Å². The van der Waals surface area contributed by atoms with Crippen molar-refractivity contribution >= 4 is 29.3 Å². The number of hydrogen-bond donors (Lipinski definition) is 1. The van der Waals surface area contributed by atoms with Crippen molar-refractivity contribution < 1.29 is 52.7 Å². The monoisotopic (exact) mass is 708 g/mol. The fraction of sp³-hybridized carbons (Fsp3) is 0.811. The molecule has 1 N–H and O–H groups in total. The number of aliphatic imine (C=N–C) groups is 1. The van der Waals surface area contributed by atoms with Crippen molar-refractivity contribution in [2.75, 3.05) is 27.3 Å². The van der Waals surface area contributed by atoms with Gasteiger partial charge in [-0.3, -0.25) is 19.2 Å². The summed E-state index contributed by atoms with van der Waals surface area (Å²) in [6.45, 7) is 20.7. The van der Waals surface area contributed by atoms with E-state index < -0.39 is 89.2 Å². The molecule has 13 atom stereocenters. The molecule has 0 aromatic rings. The lowest BCUT2D eigenvalue weighted by atomic mass is 9.73. The number of nitrogens with zero attached hydrogens (tertiary/aromatic N) is 2. The van der Waals surface area contributed by atoms with Gasteiger partial charge in [-0.15, -0.1) is 0 Å². The predicted molar refractivity (Wildman–Crippen MR) is 185 cm³/mol. The van der Waals surface area contributed by atoms with Gasteiger partial charge in [-0.2, -0.15) is 0 Å². The molecule has 0 aromatic heterocycles. The van der Waals surface area contributed by atoms with Gasteiger partial charge in [0, 0.05) is 31.4 Å². The van der Waals surface area contributed by atoms with E-state index in [-0.39, 0.29) is 38.2 Å². The van der Waals surface area contributed by atoms with Crippen LogP contribution in [0.1, 0.15) is 88.5 Å². The smallest absolute Gasteiger partial charge is 0.316 e. The number of Topliss-reactive ketones (excluding diaryl/α,β-unsaturated/α-hetero) is 1. The minimum absolute atomic E-state index is 0.00420. The topological polar surface area (TPSA) is 159 Å². The van der Waals surface area contributed by atoms with E-state index >= 15 is 0 Å². The Morgan fingerprint density at radius 2 is 1.70 bits per heavy atom. The van der Waals surface area contributed by atoms with E-state index in [2.05, 4.69) is 11.6 Å². The normalized spacial score (nSPS) is 41.9. The molecule has 3 rings (SSSR count). The van der Waals surface area contributed by atoms with E-state index in [1.165, 1.54) is 27.7 Å². The Hall–Kier alpha value is -2.55. The summed E-state index contributed by atoms with van der Waals surface area (Å²) in [6.07, 6.45) is -4.42. The lowest BCUT2D eigenvalue weighted by molar-refractivity contribution is -0.299. The number of ketones is 1. The molecule has 1 unspecified atom stereocenters. The van der Waals surface area contributed by atoms with Crippen LogP contribution in [0.4, 0.5) is 0 Å². The first kappa shape index (κ1) is 41.9. The van der Waals surface area contributed by atoms with Crippen LogP contribution in [0.25, 0.3) is 0 Å². The number of fused-ring (bicyclic) bond motifs is 5. The third-order valence-electron chi connectivity index (χ3n) is 10.5. The van der Waals surface area contributed by atoms with E-state index in [1.807, 2.05) is 46.7 Å². The number of carbonyl (C=O) groups is 4. The highest BCUT2D eigenvalue weighted by molar-refractivity contribution is 6.00. The zero-order valence-electron chi connectivity index (χ0n) is 32.0. The molecule has 0 radical (unpaired) electrons. The molecular formula is C37H60N2O11. The summed E-state index contributed by atoms with van der Waals surface area (Å²) in [6, 6.07) is -0.269. The maximum atomic E-state index is 14.3. The highest BCUT2D eigenvalue weighted by Crippen LogP contribution is 2.40. The Kier molecular flexibility index (Phi) is 14.1. The highest BCUT2D eigenvalue weighted by Gasteiger charge is 2.53. The Morgan fingerprint density at radius 3 is 2.26 bits per heavy atom. The van der Waals surface area contributed by atoms with Crippen LogP contribution in [0, 0.1) is 23.7 Å². The number of hydrogen-bond acceptors (Lipinski definition) is 12. The Morgan fingerprint density at radius 1 is 1.06 bits per heavy atom. The third-order valence-corrected chi connectivity index (χ3v) is 10.5. The van der Waals surface area contributed by atoms with Gasteiger partial charge in [0.15, 0.2) is 18.2 Å². The van der Waals surface area contributed by atoms with Crippen LogP contribution in [0.2, 0.25) is 0 Å². The van der Waals surface area contributed by atoms with Gasteiger partial charge in [-0.25, -0.2) is 4.99 Å². The predicted octanol–water partition coefficient (Wildman–Crippen LogP) is 3.68. The summed E-state index contributed by atoms with van der Waals surface area (Å²) in [5.41, 5.74) is -2.06. The molecule has 50 heavy (non-hydrogen) atoms. The van der Waals surface area contributed by atoms with E-state index in [1.54, 1.807) is 13.8 Å². The number of amides is 1. The van der Waals surface area contributed by atoms with Crippen LogP contribution in [-0.2, 0) is 47.6 Å². The maximum Gasteiger partial charge on any atom is 0.316 e. The molecule has 0 spiro atoms. The number of cyclic esters (lactones) is 1. The summed E-state index contributed by atoms with van der Waals surface area (Å²) in [7, 11) is 3.76. The molecule has 2 bridgehead atoms. The SMILES string of the molecule is C=C1CO[C@@H]2[C@@H](C)C(=NC(C)=O)[C@H](C)C[C@@](C)(OC1)[C@H](O[C@@H]1O[C@H](C)C[C@H](N(C)C)[C@H]1OC(C)=O)[C@@H](C)C(=O)C(C)C(=O)O[C@H](CC)[C@@]2(C)O. The number of likely N-dealkylation sites (N-methyl/N-ethyl adjacent to an activating group) is 1. The van der Waals surface area contributed by atoms with Gasteiger partial charge in [0.2, 0.25) is 5.91 Å². The lowest BCUT2D eigenvalue weighted by Gasteiger charge is -2.48. The second-order valence-corrected chi connectivity index (χ2v) is 15.2. The quantitative estimate of drug-likeness (QED) is 0.251. The van der Waals surface area contributed by atoms with Crippen LogP contribution < -0.4 is 0 Å². The van der Waals surface area contributed by atoms with Gasteiger partial charge in [0.25, 0.3) is 0 Å². The van der Waals surface area contributed by atoms with Crippen molar-refractivity contribution in [3.05, 3.63) is 12.2 Å². The summed E-state index contributed by atoms with van der Waals surface area (Å²) in [4.78, 5) is 59.4. The molecule has 13 nitrogen and oxygen atoms in total. The van der Waals surface area contributed by atoms with Gasteiger partial charge in [-0.1, -0.05) is 34.3 Å². The van der Waals surface area contributed by atoms with Gasteiger partial charge in [0.1, 0.15) is 17.6 Å². The number of ether oxygens (including phenoxy) is 6. The van der Waals surface area contributed by atoms with Crippen molar-refractivity contribution in [1.29, 1.82) is 0 Å². The molecule has 3 heterocycles. The fourth-order valence-corrected chi connectivity index (χ4v) is 7.90. The first-order chi connectivity index (χ1) is 23.1. The van der Waals surface area contributed by atoms with Crippen LogP contribution in [0.3, 0.4) is 0 Å². The number of aliphatic hydroxyl groups is 1. The largest absolute Gasteiger partial charge is 0.459 e. The maximum absolute atomic E-state index is 14.3. The van der Waals surface area contributed by atoms with Crippen LogP contribution in [0.15, 0.2) is 17.1 Å². The molecule has 3 fully saturated rings. The molecule has 0 aromatic carbocycles. The van der Waals surface area contributed by atoms with Crippen molar-refractivity contribution in [1.82, 2.24) is 4.90 Å². The summed E-state index contributed by atoms with van der Waals surface area (Å²) in [5, 5.41) is 12.1. The molecule has 0 aliphatic carbocycles. The fourth-order valence-electron chi connectivity index (χ4n) is 7.90. The van der Waals surface area contributed by atoms with Crippen LogP contribution in [-0.4, -0.2) is 121 Å². The summed E-state index contributed by atoms with van der Waals surface area (Å²) >= 11 is 0. The average Bonchev–Trinajstić information content (AvgIpc) is 3.03. The first-order valence-corrected chi connectivity index (χ1v) is 17.8. The van der Waals surface area contributed by atoms with E-state index in [4.69, 9.17) is 28.4 Å². The van der Waals surface area contributed by atoms with E-state index in [0.717, 1.165) is 0 Å². The van der Waals surface area contributed by atoms with E-state index in [9.17, 15) is 24.3 Å². The zero-order chi connectivity index (χ0) is 37.9. The number of carbonyl (C=O) groups excluding carboxylic acids is 4. The Bertz CT molecular complexity index is 1300.